The van der Waals surface area contributed by atoms with Gasteiger partial charge in [-0.1, -0.05) is 18.6 Å². The molecule has 1 unspecified atom stereocenters. The maximum Gasteiger partial charge on any atom is 0.220 e. The van der Waals surface area contributed by atoms with Gasteiger partial charge in [-0.15, -0.1) is 0 Å². The van der Waals surface area contributed by atoms with Crippen molar-refractivity contribution in [3.8, 4) is 0 Å². The lowest BCUT2D eigenvalue weighted by Crippen LogP contribution is -2.62. The fraction of sp³-hybridized carbons (Fsp3) is 0.812. The zero-order valence-electron chi connectivity index (χ0n) is 13.7. The third-order valence-electron chi connectivity index (χ3n) is 4.01. The van der Waals surface area contributed by atoms with Crippen molar-refractivity contribution < 1.29 is 20.1 Å². The van der Waals surface area contributed by atoms with E-state index in [1.807, 2.05) is 6.92 Å². The van der Waals surface area contributed by atoms with Gasteiger partial charge in [0.2, 0.25) is 5.91 Å². The van der Waals surface area contributed by atoms with Crippen molar-refractivity contribution in [1.29, 1.82) is 0 Å². The molecule has 0 bridgehead atoms. The van der Waals surface area contributed by atoms with Crippen LogP contribution in [0.15, 0.2) is 11.6 Å². The second kappa shape index (κ2) is 9.25. The topological polar surface area (TPSA) is 102 Å². The molecular weight excluding hydrogens is 284 g/mol. The Morgan fingerprint density at radius 1 is 1.32 bits per heavy atom. The van der Waals surface area contributed by atoms with Crippen LogP contribution in [0, 0.1) is 5.92 Å². The summed E-state index contributed by atoms with van der Waals surface area (Å²) in [7, 11) is 0. The highest BCUT2D eigenvalue weighted by atomic mass is 16.4. The van der Waals surface area contributed by atoms with E-state index in [2.05, 4.69) is 30.6 Å². The number of amides is 1. The number of piperidine rings is 1. The fourth-order valence-electron chi connectivity index (χ4n) is 2.54. The van der Waals surface area contributed by atoms with E-state index in [-0.39, 0.29) is 19.0 Å². The first-order valence-electron chi connectivity index (χ1n) is 7.99. The van der Waals surface area contributed by atoms with E-state index in [1.165, 1.54) is 5.57 Å². The first-order valence-corrected chi connectivity index (χ1v) is 7.99. The molecule has 0 aromatic carbocycles. The van der Waals surface area contributed by atoms with Crippen molar-refractivity contribution in [3.05, 3.63) is 11.6 Å². The van der Waals surface area contributed by atoms with Crippen molar-refractivity contribution in [2.24, 2.45) is 5.92 Å². The van der Waals surface area contributed by atoms with E-state index in [9.17, 15) is 20.1 Å². The summed E-state index contributed by atoms with van der Waals surface area (Å²) in [6, 6.07) is -0.441. The largest absolute Gasteiger partial charge is 0.389 e. The van der Waals surface area contributed by atoms with Crippen LogP contribution < -0.4 is 10.6 Å². The molecule has 1 heterocycles. The van der Waals surface area contributed by atoms with E-state index in [0.29, 0.717) is 12.3 Å². The van der Waals surface area contributed by atoms with Gasteiger partial charge in [0, 0.05) is 19.5 Å². The molecule has 1 saturated heterocycles. The number of allylic oxidation sites excluding steroid dienone is 2. The highest BCUT2D eigenvalue weighted by molar-refractivity contribution is 5.76. The lowest BCUT2D eigenvalue weighted by molar-refractivity contribution is -0.123. The predicted molar refractivity (Wildman–Crippen MR) is 85.3 cm³/mol. The first kappa shape index (κ1) is 19.1. The van der Waals surface area contributed by atoms with Crippen LogP contribution in [0.2, 0.25) is 0 Å². The molecule has 0 spiro atoms. The molecule has 0 saturated carbocycles. The molecule has 0 aromatic rings. The molecule has 6 nitrogen and oxygen atoms in total. The number of hydrogen-bond donors (Lipinski definition) is 5. The van der Waals surface area contributed by atoms with Crippen LogP contribution in [0.25, 0.3) is 0 Å². The average molecular weight is 314 g/mol. The van der Waals surface area contributed by atoms with Crippen LogP contribution in [0.3, 0.4) is 0 Å². The van der Waals surface area contributed by atoms with E-state index in [0.717, 1.165) is 12.8 Å². The third kappa shape index (κ3) is 6.44. The van der Waals surface area contributed by atoms with E-state index in [1.54, 1.807) is 0 Å². The summed E-state index contributed by atoms with van der Waals surface area (Å²) in [5.74, 6) is 0.242. The normalized spacial score (nSPS) is 29.7. The molecule has 5 atom stereocenters. The van der Waals surface area contributed by atoms with Crippen molar-refractivity contribution in [2.45, 2.75) is 64.4 Å². The maximum atomic E-state index is 11.9. The van der Waals surface area contributed by atoms with Crippen LogP contribution in [-0.2, 0) is 4.79 Å². The van der Waals surface area contributed by atoms with Gasteiger partial charge in [0.25, 0.3) is 0 Å². The molecule has 22 heavy (non-hydrogen) atoms. The summed E-state index contributed by atoms with van der Waals surface area (Å²) in [6.07, 6.45) is 1.33. The summed E-state index contributed by atoms with van der Waals surface area (Å²) < 4.78 is 0. The van der Waals surface area contributed by atoms with Crippen molar-refractivity contribution in [3.63, 3.8) is 0 Å². The van der Waals surface area contributed by atoms with Gasteiger partial charge in [0.05, 0.1) is 18.2 Å². The Hall–Kier alpha value is -0.950. The summed E-state index contributed by atoms with van der Waals surface area (Å²) in [4.78, 5) is 11.9. The monoisotopic (exact) mass is 314 g/mol. The molecule has 0 aromatic heterocycles. The number of hydrogen-bond acceptors (Lipinski definition) is 5. The smallest absolute Gasteiger partial charge is 0.220 e. The van der Waals surface area contributed by atoms with Crippen molar-refractivity contribution in [2.75, 3.05) is 13.1 Å². The average Bonchev–Trinajstić information content (AvgIpc) is 2.43. The maximum absolute atomic E-state index is 11.9. The van der Waals surface area contributed by atoms with E-state index in [4.69, 9.17) is 0 Å². The molecule has 1 rings (SSSR count). The molecule has 5 N–H and O–H groups in total. The van der Waals surface area contributed by atoms with Crippen LogP contribution in [0.1, 0.15) is 40.0 Å². The van der Waals surface area contributed by atoms with Gasteiger partial charge >= 0.3 is 0 Å². The Balaban J connectivity index is 2.26. The van der Waals surface area contributed by atoms with E-state index >= 15 is 0 Å². The number of aliphatic hydroxyl groups excluding tert-OH is 3. The van der Waals surface area contributed by atoms with E-state index < -0.39 is 24.4 Å². The van der Waals surface area contributed by atoms with Gasteiger partial charge in [-0.05, 0) is 32.6 Å². The molecule has 1 aliphatic heterocycles. The molecular formula is C16H30N2O4. The number of carbonyl (C=O) groups is 1. The molecule has 1 aliphatic rings. The Morgan fingerprint density at radius 2 is 2.00 bits per heavy atom. The van der Waals surface area contributed by atoms with Gasteiger partial charge in [-0.2, -0.15) is 0 Å². The van der Waals surface area contributed by atoms with Crippen molar-refractivity contribution in [1.82, 2.24) is 10.6 Å². The number of rotatable bonds is 7. The molecule has 6 heteroatoms. The molecule has 1 fully saturated rings. The van der Waals surface area contributed by atoms with Crippen LogP contribution in [0.4, 0.5) is 0 Å². The quantitative estimate of drug-likeness (QED) is 0.423. The summed E-state index contributed by atoms with van der Waals surface area (Å²) in [5, 5.41) is 34.6. The van der Waals surface area contributed by atoms with Gasteiger partial charge in [-0.25, -0.2) is 0 Å². The Bertz CT molecular complexity index is 382. The first-order chi connectivity index (χ1) is 10.3. The van der Waals surface area contributed by atoms with Gasteiger partial charge in [0.15, 0.2) is 0 Å². The summed E-state index contributed by atoms with van der Waals surface area (Å²) >= 11 is 0. The lowest BCUT2D eigenvalue weighted by atomic mass is 9.96. The highest BCUT2D eigenvalue weighted by Gasteiger charge is 2.36. The van der Waals surface area contributed by atoms with Gasteiger partial charge in [0.1, 0.15) is 6.10 Å². The molecule has 128 valence electrons. The van der Waals surface area contributed by atoms with Crippen LogP contribution in [0.5, 0.6) is 0 Å². The standard InChI is InChI=1S/C16H30N2O4/c1-10(2)5-4-6-11(3)7-14(20)18-8-12-15(21)16(22)13(19)9-17-12/h5,11-13,15-17,19,21-22H,4,6-9H2,1-3H3,(H,18,20)/t11?,12-,13+,15+,16-/m1/s1. The summed E-state index contributed by atoms with van der Waals surface area (Å²) in [6.45, 7) is 6.62. The Morgan fingerprint density at radius 3 is 2.64 bits per heavy atom. The second-order valence-electron chi connectivity index (χ2n) is 6.54. The van der Waals surface area contributed by atoms with Crippen molar-refractivity contribution >= 4 is 5.91 Å². The minimum absolute atomic E-state index is 0.0562. The zero-order valence-corrected chi connectivity index (χ0v) is 13.7. The molecule has 0 aliphatic carbocycles. The fourth-order valence-corrected chi connectivity index (χ4v) is 2.54. The zero-order chi connectivity index (χ0) is 16.7. The molecule has 1 amide bonds. The number of aliphatic hydroxyl groups is 3. The minimum Gasteiger partial charge on any atom is -0.389 e. The second-order valence-corrected chi connectivity index (χ2v) is 6.54. The third-order valence-corrected chi connectivity index (χ3v) is 4.01. The van der Waals surface area contributed by atoms with Gasteiger partial charge < -0.3 is 26.0 Å². The van der Waals surface area contributed by atoms with Crippen LogP contribution >= 0.6 is 0 Å². The Labute approximate surface area is 132 Å². The Kier molecular flexibility index (Phi) is 8.03. The predicted octanol–water partition coefficient (Wildman–Crippen LogP) is -0.0703. The van der Waals surface area contributed by atoms with Gasteiger partial charge in [-0.3, -0.25) is 4.79 Å². The number of carbonyl (C=O) groups excluding carboxylic acids is 1. The highest BCUT2D eigenvalue weighted by Crippen LogP contribution is 2.13. The minimum atomic E-state index is -1.17. The van der Waals surface area contributed by atoms with Crippen LogP contribution in [-0.4, -0.2) is 58.7 Å². The lowest BCUT2D eigenvalue weighted by Gasteiger charge is -2.36. The number of β-amino-alcohol motifs (C(OH)–C–C–N with tert-alkyl or cyclic N) is 1. The summed E-state index contributed by atoms with van der Waals surface area (Å²) in [5.41, 5.74) is 1.29. The number of nitrogens with one attached hydrogen (secondary N) is 2. The molecule has 0 radical (unpaired) electrons. The SMILES string of the molecule is CC(C)=CCCC(C)CC(=O)NC[C@H]1NC[C@H](O)[C@@H](O)[C@H]1O.